The summed E-state index contributed by atoms with van der Waals surface area (Å²) in [7, 11) is 2.16. The molecule has 0 aliphatic rings. The number of hydrogen-bond acceptors (Lipinski definition) is 1. The van der Waals surface area contributed by atoms with Gasteiger partial charge in [0.2, 0.25) is 0 Å². The summed E-state index contributed by atoms with van der Waals surface area (Å²) < 4.78 is 8.50. The average Bonchev–Trinajstić information content (AvgIpc) is 3.12. The van der Waals surface area contributed by atoms with Crippen molar-refractivity contribution in [3.63, 3.8) is 0 Å². The number of aromatic nitrogens is 1. The van der Waals surface area contributed by atoms with E-state index in [2.05, 4.69) is 73.1 Å². The first-order chi connectivity index (χ1) is 11.8. The average molecular weight is 313 g/mol. The van der Waals surface area contributed by atoms with E-state index >= 15 is 0 Å². The predicted octanol–water partition coefficient (Wildman–Crippen LogP) is 6.18. The van der Waals surface area contributed by atoms with Crippen molar-refractivity contribution in [2.75, 3.05) is 0 Å². The second-order valence-electron chi connectivity index (χ2n) is 6.55. The quantitative estimate of drug-likeness (QED) is 0.380. The summed E-state index contributed by atoms with van der Waals surface area (Å²) in [5.41, 5.74) is 5.89. The van der Waals surface area contributed by atoms with Gasteiger partial charge in [-0.3, -0.25) is 0 Å². The highest BCUT2D eigenvalue weighted by molar-refractivity contribution is 6.24. The molecule has 0 atom stereocenters. The molecule has 5 rings (SSSR count). The fraction of sp³-hybridized carbons (Fsp3) is 0.182. The molecule has 2 nitrogen and oxygen atoms in total. The lowest BCUT2D eigenvalue weighted by Gasteiger charge is -2.03. The second-order valence-corrected chi connectivity index (χ2v) is 6.55. The monoisotopic (exact) mass is 313 g/mol. The molecule has 0 bridgehead atoms. The number of hydrogen-bond donors (Lipinski definition) is 0. The van der Waals surface area contributed by atoms with Gasteiger partial charge in [0.15, 0.2) is 0 Å². The third-order valence-electron chi connectivity index (χ3n) is 5.13. The molecule has 0 aliphatic heterocycles. The molecule has 118 valence electrons. The Kier molecular flexibility index (Phi) is 2.78. The van der Waals surface area contributed by atoms with Gasteiger partial charge in [-0.2, -0.15) is 0 Å². The van der Waals surface area contributed by atoms with Crippen LogP contribution in [0.3, 0.4) is 0 Å². The predicted molar refractivity (Wildman–Crippen MR) is 102 cm³/mol. The normalized spacial score (nSPS) is 12.1. The van der Waals surface area contributed by atoms with Crippen molar-refractivity contribution in [3.8, 4) is 0 Å². The second kappa shape index (κ2) is 4.88. The van der Waals surface area contributed by atoms with Gasteiger partial charge in [-0.25, -0.2) is 0 Å². The largest absolute Gasteiger partial charge is 0.456 e. The lowest BCUT2D eigenvalue weighted by Crippen LogP contribution is -1.88. The van der Waals surface area contributed by atoms with Gasteiger partial charge < -0.3 is 8.98 Å². The first-order valence-corrected chi connectivity index (χ1v) is 8.60. The molecule has 2 aromatic heterocycles. The lowest BCUT2D eigenvalue weighted by molar-refractivity contribution is 0.668. The van der Waals surface area contributed by atoms with Gasteiger partial charge in [-0.15, -0.1) is 0 Å². The molecule has 0 unspecified atom stereocenters. The Balaban J connectivity index is 2.09. The Labute approximate surface area is 140 Å². The van der Waals surface area contributed by atoms with Gasteiger partial charge in [-0.1, -0.05) is 43.7 Å². The Hall–Kier alpha value is -2.74. The fourth-order valence-corrected chi connectivity index (χ4v) is 4.12. The molecule has 0 aliphatic carbocycles. The Bertz CT molecular complexity index is 1220. The van der Waals surface area contributed by atoms with Crippen LogP contribution < -0.4 is 0 Å². The van der Waals surface area contributed by atoms with E-state index in [1.165, 1.54) is 38.1 Å². The molecule has 0 N–H and O–H groups in total. The van der Waals surface area contributed by atoms with Crippen molar-refractivity contribution in [1.29, 1.82) is 0 Å². The summed E-state index contributed by atoms with van der Waals surface area (Å²) in [5, 5.41) is 5.14. The molecule has 0 fully saturated rings. The van der Waals surface area contributed by atoms with Crippen LogP contribution in [-0.4, -0.2) is 4.57 Å². The SMILES string of the molecule is CCCc1cccc2oc3ccc4c5ccccc5n(C)c4c3c12. The van der Waals surface area contributed by atoms with E-state index in [1.54, 1.807) is 0 Å². The van der Waals surface area contributed by atoms with Crippen LogP contribution in [0.4, 0.5) is 0 Å². The van der Waals surface area contributed by atoms with Crippen LogP contribution in [0, 0.1) is 0 Å². The Morgan fingerprint density at radius 1 is 0.833 bits per heavy atom. The maximum absolute atomic E-state index is 6.19. The summed E-state index contributed by atoms with van der Waals surface area (Å²) in [6, 6.07) is 19.4. The zero-order chi connectivity index (χ0) is 16.3. The summed E-state index contributed by atoms with van der Waals surface area (Å²) in [6.45, 7) is 2.23. The summed E-state index contributed by atoms with van der Waals surface area (Å²) >= 11 is 0. The van der Waals surface area contributed by atoms with Crippen molar-refractivity contribution >= 4 is 43.7 Å². The van der Waals surface area contributed by atoms with Gasteiger partial charge >= 0.3 is 0 Å². The van der Waals surface area contributed by atoms with Crippen molar-refractivity contribution in [2.24, 2.45) is 7.05 Å². The number of furan rings is 1. The molecule has 0 saturated heterocycles. The first kappa shape index (κ1) is 13.7. The van der Waals surface area contributed by atoms with Gasteiger partial charge in [0, 0.05) is 28.7 Å². The minimum absolute atomic E-state index is 0.979. The molecule has 24 heavy (non-hydrogen) atoms. The van der Waals surface area contributed by atoms with E-state index < -0.39 is 0 Å². The number of rotatable bonds is 2. The zero-order valence-corrected chi connectivity index (χ0v) is 14.0. The topological polar surface area (TPSA) is 18.1 Å². The third-order valence-corrected chi connectivity index (χ3v) is 5.13. The van der Waals surface area contributed by atoms with Crippen molar-refractivity contribution in [1.82, 2.24) is 4.57 Å². The minimum Gasteiger partial charge on any atom is -0.456 e. The van der Waals surface area contributed by atoms with Crippen LogP contribution >= 0.6 is 0 Å². The van der Waals surface area contributed by atoms with Gasteiger partial charge in [0.1, 0.15) is 11.2 Å². The van der Waals surface area contributed by atoms with Gasteiger partial charge in [-0.05, 0) is 36.2 Å². The van der Waals surface area contributed by atoms with Crippen LogP contribution in [0.5, 0.6) is 0 Å². The van der Waals surface area contributed by atoms with E-state index in [0.717, 1.165) is 24.0 Å². The van der Waals surface area contributed by atoms with E-state index in [4.69, 9.17) is 4.42 Å². The van der Waals surface area contributed by atoms with Gasteiger partial charge in [0.05, 0.1) is 10.9 Å². The number of nitrogens with zero attached hydrogens (tertiary/aromatic N) is 1. The molecule has 2 heteroatoms. The standard InChI is InChI=1S/C22H19NO/c1-3-7-14-8-6-11-18-20(14)21-19(24-18)13-12-16-15-9-4-5-10-17(15)23(2)22(16)21/h4-6,8-13H,3,7H2,1-2H3. The molecular formula is C22H19NO. The fourth-order valence-electron chi connectivity index (χ4n) is 4.12. The molecule has 0 radical (unpaired) electrons. The van der Waals surface area contributed by atoms with Crippen LogP contribution in [0.25, 0.3) is 43.7 Å². The van der Waals surface area contributed by atoms with E-state index in [9.17, 15) is 0 Å². The number of fused-ring (bicyclic) bond motifs is 7. The summed E-state index contributed by atoms with van der Waals surface area (Å²) in [5.74, 6) is 0. The van der Waals surface area contributed by atoms with Crippen LogP contribution in [0.2, 0.25) is 0 Å². The highest BCUT2D eigenvalue weighted by Crippen LogP contribution is 2.40. The van der Waals surface area contributed by atoms with Gasteiger partial charge in [0.25, 0.3) is 0 Å². The van der Waals surface area contributed by atoms with Crippen LogP contribution in [0.15, 0.2) is 59.0 Å². The number of para-hydroxylation sites is 1. The zero-order valence-electron chi connectivity index (χ0n) is 14.0. The Morgan fingerprint density at radius 3 is 2.54 bits per heavy atom. The molecule has 0 amide bonds. The van der Waals surface area contributed by atoms with Crippen molar-refractivity contribution in [2.45, 2.75) is 19.8 Å². The van der Waals surface area contributed by atoms with Crippen LogP contribution in [0.1, 0.15) is 18.9 Å². The molecule has 0 saturated carbocycles. The van der Waals surface area contributed by atoms with E-state index in [0.29, 0.717) is 0 Å². The maximum atomic E-state index is 6.19. The van der Waals surface area contributed by atoms with Crippen molar-refractivity contribution < 1.29 is 4.42 Å². The minimum atomic E-state index is 0.979. The number of benzene rings is 3. The Morgan fingerprint density at radius 2 is 1.67 bits per heavy atom. The first-order valence-electron chi connectivity index (χ1n) is 8.60. The molecule has 2 heterocycles. The van der Waals surface area contributed by atoms with E-state index in [-0.39, 0.29) is 0 Å². The summed E-state index contributed by atoms with van der Waals surface area (Å²) in [6.07, 6.45) is 2.21. The van der Waals surface area contributed by atoms with E-state index in [1.807, 2.05) is 0 Å². The molecule has 0 spiro atoms. The number of aryl methyl sites for hydroxylation is 2. The lowest BCUT2D eigenvalue weighted by atomic mass is 10.0. The maximum Gasteiger partial charge on any atom is 0.137 e. The molecular weight excluding hydrogens is 294 g/mol. The van der Waals surface area contributed by atoms with Crippen molar-refractivity contribution in [3.05, 3.63) is 60.2 Å². The van der Waals surface area contributed by atoms with Crippen LogP contribution in [-0.2, 0) is 13.5 Å². The molecule has 5 aromatic rings. The summed E-state index contributed by atoms with van der Waals surface area (Å²) in [4.78, 5) is 0. The highest BCUT2D eigenvalue weighted by atomic mass is 16.3. The third kappa shape index (κ3) is 1.66. The smallest absolute Gasteiger partial charge is 0.137 e. The molecule has 3 aromatic carbocycles. The highest BCUT2D eigenvalue weighted by Gasteiger charge is 2.17.